The first kappa shape index (κ1) is 19.6. The number of anilines is 1. The summed E-state index contributed by atoms with van der Waals surface area (Å²) >= 11 is 0. The third-order valence-corrected chi connectivity index (χ3v) is 5.49. The van der Waals surface area contributed by atoms with E-state index in [0.717, 1.165) is 37.5 Å². The van der Waals surface area contributed by atoms with Crippen LogP contribution in [0.4, 0.5) is 5.69 Å². The number of sulfonamides is 1. The van der Waals surface area contributed by atoms with Gasteiger partial charge < -0.3 is 9.64 Å². The van der Waals surface area contributed by atoms with Crippen LogP contribution in [-0.2, 0) is 10.0 Å². The summed E-state index contributed by atoms with van der Waals surface area (Å²) in [5, 5.41) is 0. The summed E-state index contributed by atoms with van der Waals surface area (Å²) in [6, 6.07) is 11.9. The molecule has 1 atom stereocenters. The zero-order chi connectivity index (χ0) is 19.3. The molecule has 1 aromatic heterocycles. The average molecular weight is 391 g/mol. The van der Waals surface area contributed by atoms with Crippen LogP contribution in [0.3, 0.4) is 0 Å². The first-order chi connectivity index (χ1) is 13.0. The van der Waals surface area contributed by atoms with E-state index in [-0.39, 0.29) is 6.04 Å². The number of ether oxygens (including phenoxy) is 1. The topological polar surface area (TPSA) is 74.8 Å². The highest BCUT2D eigenvalue weighted by molar-refractivity contribution is 7.88. The molecule has 2 heterocycles. The summed E-state index contributed by atoms with van der Waals surface area (Å²) in [4.78, 5) is 8.85. The number of benzene rings is 1. The van der Waals surface area contributed by atoms with Gasteiger partial charge in [-0.25, -0.2) is 13.1 Å². The van der Waals surface area contributed by atoms with E-state index in [0.29, 0.717) is 6.54 Å². The first-order valence-electron chi connectivity index (χ1n) is 8.94. The Morgan fingerprint density at radius 2 is 1.85 bits per heavy atom. The van der Waals surface area contributed by atoms with Crippen molar-refractivity contribution in [3.05, 3.63) is 54.4 Å². The van der Waals surface area contributed by atoms with E-state index in [9.17, 15) is 8.42 Å². The molecule has 1 N–H and O–H groups in total. The maximum Gasteiger partial charge on any atom is 0.208 e. The van der Waals surface area contributed by atoms with Crippen molar-refractivity contribution in [3.8, 4) is 5.75 Å². The molecule has 0 radical (unpaired) electrons. The molecule has 0 spiro atoms. The van der Waals surface area contributed by atoms with Gasteiger partial charge in [0.2, 0.25) is 10.0 Å². The summed E-state index contributed by atoms with van der Waals surface area (Å²) in [6.07, 6.45) is 4.73. The van der Waals surface area contributed by atoms with Crippen LogP contribution < -0.4 is 14.4 Å². The molecule has 27 heavy (non-hydrogen) atoms. The van der Waals surface area contributed by atoms with Gasteiger partial charge in [0.1, 0.15) is 5.75 Å². The monoisotopic (exact) mass is 390 g/mol. The lowest BCUT2D eigenvalue weighted by Gasteiger charge is -2.40. The molecular weight excluding hydrogens is 364 g/mol. The highest BCUT2D eigenvalue weighted by Crippen LogP contribution is 2.25. The molecule has 7 nitrogen and oxygen atoms in total. The first-order valence-corrected chi connectivity index (χ1v) is 10.8. The number of rotatable bonds is 7. The Labute approximate surface area is 161 Å². The van der Waals surface area contributed by atoms with Crippen molar-refractivity contribution in [2.45, 2.75) is 6.04 Å². The summed E-state index contributed by atoms with van der Waals surface area (Å²) in [5.74, 6) is 0.848. The van der Waals surface area contributed by atoms with Gasteiger partial charge in [-0.3, -0.25) is 9.88 Å². The fourth-order valence-corrected chi connectivity index (χ4v) is 3.81. The highest BCUT2D eigenvalue weighted by Gasteiger charge is 2.26. The standard InChI is InChI=1S/C19H26N4O3S/c1-26-18-7-5-17(6-8-18)22-10-12-23(13-11-22)19(15-21-27(2,24)25)16-4-3-9-20-14-16/h3-9,14,19,21H,10-13,15H2,1-2H3. The maximum atomic E-state index is 11.6. The van der Waals surface area contributed by atoms with E-state index < -0.39 is 10.0 Å². The Bertz CT molecular complexity index is 820. The van der Waals surface area contributed by atoms with E-state index in [1.807, 2.05) is 30.5 Å². The number of hydrogen-bond donors (Lipinski definition) is 1. The maximum absolute atomic E-state index is 11.6. The van der Waals surface area contributed by atoms with Gasteiger partial charge in [-0.05, 0) is 35.9 Å². The lowest BCUT2D eigenvalue weighted by Crippen LogP contribution is -2.49. The van der Waals surface area contributed by atoms with Crippen molar-refractivity contribution in [2.24, 2.45) is 0 Å². The SMILES string of the molecule is COc1ccc(N2CCN(C(CNS(C)(=O)=O)c3cccnc3)CC2)cc1. The molecule has 1 aliphatic rings. The minimum atomic E-state index is -3.25. The number of hydrogen-bond acceptors (Lipinski definition) is 6. The largest absolute Gasteiger partial charge is 0.497 e. The van der Waals surface area contributed by atoms with Crippen LogP contribution in [0.15, 0.2) is 48.8 Å². The number of methoxy groups -OCH3 is 1. The van der Waals surface area contributed by atoms with Gasteiger partial charge in [-0.15, -0.1) is 0 Å². The Hall–Kier alpha value is -2.16. The Morgan fingerprint density at radius 3 is 2.41 bits per heavy atom. The smallest absolute Gasteiger partial charge is 0.208 e. The highest BCUT2D eigenvalue weighted by atomic mass is 32.2. The quantitative estimate of drug-likeness (QED) is 0.772. The van der Waals surface area contributed by atoms with Gasteiger partial charge in [0.15, 0.2) is 0 Å². The Morgan fingerprint density at radius 1 is 1.15 bits per heavy atom. The Balaban J connectivity index is 1.68. The van der Waals surface area contributed by atoms with Gasteiger partial charge in [-0.2, -0.15) is 0 Å². The van der Waals surface area contributed by atoms with Gasteiger partial charge in [0.25, 0.3) is 0 Å². The van der Waals surface area contributed by atoms with E-state index in [1.165, 1.54) is 11.9 Å². The fraction of sp³-hybridized carbons (Fsp3) is 0.421. The minimum Gasteiger partial charge on any atom is -0.497 e. The van der Waals surface area contributed by atoms with Crippen molar-refractivity contribution in [1.29, 1.82) is 0 Å². The van der Waals surface area contributed by atoms with Crippen molar-refractivity contribution < 1.29 is 13.2 Å². The molecule has 146 valence electrons. The fourth-order valence-electron chi connectivity index (χ4n) is 3.35. The van der Waals surface area contributed by atoms with E-state index in [4.69, 9.17) is 4.74 Å². The number of pyridine rings is 1. The number of piperazine rings is 1. The molecule has 0 saturated carbocycles. The summed E-state index contributed by atoms with van der Waals surface area (Å²) in [5.41, 5.74) is 2.19. The number of nitrogens with zero attached hydrogens (tertiary/aromatic N) is 3. The molecule has 1 aliphatic heterocycles. The van der Waals surface area contributed by atoms with Crippen LogP contribution >= 0.6 is 0 Å². The number of nitrogens with one attached hydrogen (secondary N) is 1. The normalized spacial score (nSPS) is 16.9. The molecule has 0 amide bonds. The van der Waals surface area contributed by atoms with Crippen LogP contribution in [-0.4, -0.2) is 64.4 Å². The molecule has 0 bridgehead atoms. The van der Waals surface area contributed by atoms with Crippen LogP contribution in [0.5, 0.6) is 5.75 Å². The molecule has 2 aromatic rings. The van der Waals surface area contributed by atoms with E-state index in [1.54, 1.807) is 13.3 Å². The predicted molar refractivity (Wildman–Crippen MR) is 107 cm³/mol. The van der Waals surface area contributed by atoms with Gasteiger partial charge in [0, 0.05) is 56.8 Å². The summed E-state index contributed by atoms with van der Waals surface area (Å²) in [7, 11) is -1.58. The average Bonchev–Trinajstić information content (AvgIpc) is 2.69. The zero-order valence-electron chi connectivity index (χ0n) is 15.7. The Kier molecular flexibility index (Phi) is 6.30. The van der Waals surface area contributed by atoms with Crippen molar-refractivity contribution >= 4 is 15.7 Å². The zero-order valence-corrected chi connectivity index (χ0v) is 16.5. The third-order valence-electron chi connectivity index (χ3n) is 4.80. The third kappa shape index (κ3) is 5.41. The molecule has 0 aliphatic carbocycles. The lowest BCUT2D eigenvalue weighted by molar-refractivity contribution is 0.186. The van der Waals surface area contributed by atoms with Crippen molar-refractivity contribution in [2.75, 3.05) is 51.0 Å². The number of aromatic nitrogens is 1. The second-order valence-electron chi connectivity index (χ2n) is 6.64. The predicted octanol–water partition coefficient (Wildman–Crippen LogP) is 1.50. The van der Waals surface area contributed by atoms with Crippen LogP contribution in [0.1, 0.15) is 11.6 Å². The second-order valence-corrected chi connectivity index (χ2v) is 8.48. The molecule has 1 aromatic carbocycles. The molecule has 3 rings (SSSR count). The molecule has 1 saturated heterocycles. The van der Waals surface area contributed by atoms with Crippen molar-refractivity contribution in [1.82, 2.24) is 14.6 Å². The molecule has 1 fully saturated rings. The van der Waals surface area contributed by atoms with Crippen LogP contribution in [0.2, 0.25) is 0 Å². The molecular formula is C19H26N4O3S. The van der Waals surface area contributed by atoms with E-state index in [2.05, 4.69) is 31.6 Å². The van der Waals surface area contributed by atoms with Gasteiger partial charge in [0.05, 0.1) is 13.4 Å². The minimum absolute atomic E-state index is 0.0357. The van der Waals surface area contributed by atoms with Gasteiger partial charge in [-0.1, -0.05) is 6.07 Å². The van der Waals surface area contributed by atoms with Crippen LogP contribution in [0.25, 0.3) is 0 Å². The van der Waals surface area contributed by atoms with Gasteiger partial charge >= 0.3 is 0 Å². The molecule has 8 heteroatoms. The van der Waals surface area contributed by atoms with E-state index >= 15 is 0 Å². The second kappa shape index (κ2) is 8.69. The van der Waals surface area contributed by atoms with Crippen molar-refractivity contribution in [3.63, 3.8) is 0 Å². The summed E-state index contributed by atoms with van der Waals surface area (Å²) < 4.78 is 31.0. The molecule has 1 unspecified atom stereocenters. The van der Waals surface area contributed by atoms with Crippen LogP contribution in [0, 0.1) is 0 Å². The lowest BCUT2D eigenvalue weighted by atomic mass is 10.1. The summed E-state index contributed by atoms with van der Waals surface area (Å²) in [6.45, 7) is 3.78.